The molecule has 0 aliphatic rings. The molecule has 0 aliphatic carbocycles. The van der Waals surface area contributed by atoms with Crippen LogP contribution in [0.25, 0.3) is 0 Å². The summed E-state index contributed by atoms with van der Waals surface area (Å²) in [5.41, 5.74) is -0.224. The molecule has 150 valence electrons. The molecule has 0 aliphatic heterocycles. The number of alkyl halides is 3. The quantitative estimate of drug-likeness (QED) is 0.604. The molecule has 2 aromatic heterocycles. The van der Waals surface area contributed by atoms with Crippen LogP contribution in [0.2, 0.25) is 10.2 Å². The third-order valence-corrected chi connectivity index (χ3v) is 5.82. The van der Waals surface area contributed by atoms with Gasteiger partial charge in [0.25, 0.3) is 0 Å². The zero-order valence-corrected chi connectivity index (χ0v) is 17.8. The Morgan fingerprint density at radius 1 is 1.30 bits per heavy atom. The minimum absolute atomic E-state index is 0.171. The maximum Gasteiger partial charge on any atom is 0.436 e. The molecule has 0 bridgehead atoms. The van der Waals surface area contributed by atoms with Gasteiger partial charge in [0.1, 0.15) is 16.2 Å². The van der Waals surface area contributed by atoms with Crippen LogP contribution in [0.1, 0.15) is 36.5 Å². The van der Waals surface area contributed by atoms with Crippen molar-refractivity contribution >= 4 is 45.0 Å². The average molecular weight is 491 g/mol. The number of carbonyl (C=O) groups excluding carboxylic acids is 1. The van der Waals surface area contributed by atoms with Crippen molar-refractivity contribution in [2.24, 2.45) is 0 Å². The number of amides is 1. The van der Waals surface area contributed by atoms with Crippen LogP contribution < -0.4 is 5.32 Å². The highest BCUT2D eigenvalue weighted by atomic mass is 79.9. The smallest absolute Gasteiger partial charge is 0.354 e. The van der Waals surface area contributed by atoms with Crippen molar-refractivity contribution in [2.75, 3.05) is 6.54 Å². The third kappa shape index (κ3) is 4.78. The van der Waals surface area contributed by atoms with E-state index in [-0.39, 0.29) is 10.2 Å². The predicted octanol–water partition coefficient (Wildman–Crippen LogP) is 4.55. The van der Waals surface area contributed by atoms with E-state index in [1.165, 1.54) is 18.5 Å². The SMILES string of the molecule is Cc1nn(CCCNC(=O)C(C)n2nc(C(F)(F)F)c(Br)c2C)c(Cl)c1Cl. The Balaban J connectivity index is 1.95. The van der Waals surface area contributed by atoms with Crippen LogP contribution in [0.5, 0.6) is 0 Å². The summed E-state index contributed by atoms with van der Waals surface area (Å²) >= 11 is 14.9. The van der Waals surface area contributed by atoms with Gasteiger partial charge in [0, 0.05) is 13.1 Å². The Morgan fingerprint density at radius 2 is 1.93 bits per heavy atom. The number of aryl methyl sites for hydroxylation is 2. The molecule has 0 saturated carbocycles. The van der Waals surface area contributed by atoms with E-state index in [0.29, 0.717) is 35.4 Å². The number of nitrogens with zero attached hydrogens (tertiary/aromatic N) is 4. The number of hydrogen-bond acceptors (Lipinski definition) is 3. The molecule has 1 N–H and O–H groups in total. The van der Waals surface area contributed by atoms with Crippen molar-refractivity contribution in [1.29, 1.82) is 0 Å². The van der Waals surface area contributed by atoms with Gasteiger partial charge in [0.15, 0.2) is 5.69 Å². The summed E-state index contributed by atoms with van der Waals surface area (Å²) in [6, 6.07) is -0.901. The number of rotatable bonds is 6. The Kier molecular flexibility index (Phi) is 6.86. The van der Waals surface area contributed by atoms with E-state index in [4.69, 9.17) is 23.2 Å². The Morgan fingerprint density at radius 3 is 2.41 bits per heavy atom. The predicted molar refractivity (Wildman–Crippen MR) is 99.0 cm³/mol. The van der Waals surface area contributed by atoms with Gasteiger partial charge in [0.2, 0.25) is 5.91 Å². The van der Waals surface area contributed by atoms with E-state index in [1.807, 2.05) is 0 Å². The largest absolute Gasteiger partial charge is 0.436 e. The summed E-state index contributed by atoms with van der Waals surface area (Å²) in [5.74, 6) is -0.442. The van der Waals surface area contributed by atoms with Gasteiger partial charge in [-0.3, -0.25) is 14.2 Å². The van der Waals surface area contributed by atoms with Crippen LogP contribution in [0.4, 0.5) is 13.2 Å². The van der Waals surface area contributed by atoms with Gasteiger partial charge < -0.3 is 5.32 Å². The molecule has 0 saturated heterocycles. The Labute approximate surface area is 172 Å². The number of hydrogen-bond donors (Lipinski definition) is 1. The van der Waals surface area contributed by atoms with Crippen LogP contribution in [-0.4, -0.2) is 32.0 Å². The van der Waals surface area contributed by atoms with E-state index in [1.54, 1.807) is 6.92 Å². The van der Waals surface area contributed by atoms with Gasteiger partial charge >= 0.3 is 6.18 Å². The molecule has 1 unspecified atom stereocenters. The van der Waals surface area contributed by atoms with Gasteiger partial charge in [0.05, 0.1) is 15.9 Å². The van der Waals surface area contributed by atoms with Crippen LogP contribution in [-0.2, 0) is 17.5 Å². The lowest BCUT2D eigenvalue weighted by molar-refractivity contribution is -0.142. The molecule has 0 radical (unpaired) electrons. The fourth-order valence-corrected chi connectivity index (χ4v) is 3.32. The first kappa shape index (κ1) is 22.0. The summed E-state index contributed by atoms with van der Waals surface area (Å²) in [7, 11) is 0. The minimum atomic E-state index is -4.60. The summed E-state index contributed by atoms with van der Waals surface area (Å²) < 4.78 is 41.2. The summed E-state index contributed by atoms with van der Waals surface area (Å²) in [5, 5.41) is 11.1. The van der Waals surface area contributed by atoms with Crippen LogP contribution in [0, 0.1) is 13.8 Å². The first-order chi connectivity index (χ1) is 12.4. The normalized spacial score (nSPS) is 13.1. The molecular formula is C15H17BrCl2F3N5O. The van der Waals surface area contributed by atoms with Gasteiger partial charge in [-0.25, -0.2) is 0 Å². The highest BCUT2D eigenvalue weighted by molar-refractivity contribution is 9.10. The van der Waals surface area contributed by atoms with E-state index in [0.717, 1.165) is 4.68 Å². The second-order valence-electron chi connectivity index (χ2n) is 5.92. The molecule has 1 atom stereocenters. The topological polar surface area (TPSA) is 64.7 Å². The molecule has 12 heteroatoms. The number of nitrogens with one attached hydrogen (secondary N) is 1. The van der Waals surface area contributed by atoms with Gasteiger partial charge in [-0.05, 0) is 43.1 Å². The number of halogens is 6. The van der Waals surface area contributed by atoms with Crippen LogP contribution >= 0.6 is 39.1 Å². The van der Waals surface area contributed by atoms with Crippen molar-refractivity contribution in [3.05, 3.63) is 31.7 Å². The Bertz CT molecular complexity index is 850. The second-order valence-corrected chi connectivity index (χ2v) is 7.45. The van der Waals surface area contributed by atoms with Crippen LogP contribution in [0.3, 0.4) is 0 Å². The third-order valence-electron chi connectivity index (χ3n) is 3.93. The minimum Gasteiger partial charge on any atom is -0.354 e. The van der Waals surface area contributed by atoms with Crippen molar-refractivity contribution in [1.82, 2.24) is 24.9 Å². The van der Waals surface area contributed by atoms with Crippen molar-refractivity contribution in [3.63, 3.8) is 0 Å². The zero-order valence-electron chi connectivity index (χ0n) is 14.7. The lowest BCUT2D eigenvalue weighted by Gasteiger charge is -2.14. The standard InChI is InChI=1S/C15H17BrCl2F3N5O/c1-7-11(17)13(18)25(23-7)6-4-5-22-14(27)9(3)26-8(2)10(16)12(24-26)15(19,20)21/h9H,4-6H2,1-3H3,(H,22,27). The van der Waals surface area contributed by atoms with E-state index < -0.39 is 23.8 Å². The zero-order chi connectivity index (χ0) is 20.5. The number of aromatic nitrogens is 4. The molecule has 2 aromatic rings. The lowest BCUT2D eigenvalue weighted by atomic mass is 10.3. The van der Waals surface area contributed by atoms with Crippen molar-refractivity contribution < 1.29 is 18.0 Å². The summed E-state index contributed by atoms with van der Waals surface area (Å²) in [6.45, 7) is 5.40. The molecule has 0 aromatic carbocycles. The van der Waals surface area contributed by atoms with Crippen molar-refractivity contribution in [3.8, 4) is 0 Å². The molecule has 0 spiro atoms. The molecule has 2 rings (SSSR count). The van der Waals surface area contributed by atoms with Gasteiger partial charge in [-0.15, -0.1) is 0 Å². The average Bonchev–Trinajstić information content (AvgIpc) is 3.02. The second kappa shape index (κ2) is 8.40. The summed E-state index contributed by atoms with van der Waals surface area (Å²) in [6.07, 6.45) is -4.08. The van der Waals surface area contributed by atoms with E-state index in [9.17, 15) is 18.0 Å². The maximum atomic E-state index is 12.9. The lowest BCUT2D eigenvalue weighted by Crippen LogP contribution is -2.33. The first-order valence-corrected chi connectivity index (χ1v) is 9.48. The molecule has 0 fully saturated rings. The van der Waals surface area contributed by atoms with Gasteiger partial charge in [-0.2, -0.15) is 23.4 Å². The molecule has 1 amide bonds. The maximum absolute atomic E-state index is 12.9. The van der Waals surface area contributed by atoms with Crippen molar-refractivity contribution in [2.45, 2.75) is 46.0 Å². The fraction of sp³-hybridized carbons (Fsp3) is 0.533. The van der Waals surface area contributed by atoms with E-state index >= 15 is 0 Å². The molecule has 2 heterocycles. The van der Waals surface area contributed by atoms with E-state index in [2.05, 4.69) is 31.4 Å². The fourth-order valence-electron chi connectivity index (χ4n) is 2.44. The molecule has 6 nitrogen and oxygen atoms in total. The monoisotopic (exact) mass is 489 g/mol. The number of carbonyl (C=O) groups is 1. The first-order valence-electron chi connectivity index (χ1n) is 7.93. The van der Waals surface area contributed by atoms with Gasteiger partial charge in [-0.1, -0.05) is 23.2 Å². The Hall–Kier alpha value is -1.26. The summed E-state index contributed by atoms with van der Waals surface area (Å²) in [4.78, 5) is 12.3. The highest BCUT2D eigenvalue weighted by Crippen LogP contribution is 2.36. The molecule has 27 heavy (non-hydrogen) atoms. The van der Waals surface area contributed by atoms with Crippen LogP contribution in [0.15, 0.2) is 4.47 Å². The molecular weight excluding hydrogens is 474 g/mol. The highest BCUT2D eigenvalue weighted by Gasteiger charge is 2.38.